The van der Waals surface area contributed by atoms with Crippen LogP contribution in [0.4, 0.5) is 13.2 Å². The van der Waals surface area contributed by atoms with Crippen LogP contribution in [0.1, 0.15) is 16.3 Å². The normalized spacial score (nSPS) is 11.9. The van der Waals surface area contributed by atoms with Crippen LogP contribution in [0.25, 0.3) is 5.78 Å². The first-order chi connectivity index (χ1) is 7.39. The van der Waals surface area contributed by atoms with Gasteiger partial charge in [0.15, 0.2) is 11.5 Å². The van der Waals surface area contributed by atoms with Crippen molar-refractivity contribution in [2.24, 2.45) is 0 Å². The van der Waals surface area contributed by atoms with E-state index in [1.165, 1.54) is 0 Å². The summed E-state index contributed by atoms with van der Waals surface area (Å²) < 4.78 is 37.7. The van der Waals surface area contributed by atoms with Gasteiger partial charge in [0, 0.05) is 6.20 Å². The molecule has 6 nitrogen and oxygen atoms in total. The van der Waals surface area contributed by atoms with Gasteiger partial charge in [-0.1, -0.05) is 0 Å². The summed E-state index contributed by atoms with van der Waals surface area (Å²) in [6.45, 7) is 0. The fourth-order valence-corrected chi connectivity index (χ4v) is 1.10. The van der Waals surface area contributed by atoms with Gasteiger partial charge in [0.1, 0.15) is 5.97 Å². The van der Waals surface area contributed by atoms with Crippen molar-refractivity contribution in [1.82, 2.24) is 19.6 Å². The van der Waals surface area contributed by atoms with Crippen LogP contribution in [0.3, 0.4) is 0 Å². The van der Waals surface area contributed by atoms with Crippen LogP contribution < -0.4 is 5.11 Å². The third-order valence-electron chi connectivity index (χ3n) is 1.71. The number of alkyl halides is 3. The third-order valence-corrected chi connectivity index (χ3v) is 1.71. The Morgan fingerprint density at radius 1 is 1.44 bits per heavy atom. The van der Waals surface area contributed by atoms with Crippen molar-refractivity contribution in [2.45, 2.75) is 6.18 Å². The van der Waals surface area contributed by atoms with Crippen LogP contribution in [0, 0.1) is 0 Å². The van der Waals surface area contributed by atoms with Crippen LogP contribution in [0.15, 0.2) is 12.3 Å². The van der Waals surface area contributed by atoms with E-state index >= 15 is 0 Å². The van der Waals surface area contributed by atoms with Gasteiger partial charge in [-0.15, -0.1) is 5.10 Å². The average molecular weight is 231 g/mol. The molecule has 0 aliphatic rings. The van der Waals surface area contributed by atoms with E-state index in [4.69, 9.17) is 0 Å². The minimum atomic E-state index is -4.67. The summed E-state index contributed by atoms with van der Waals surface area (Å²) in [5.41, 5.74) is -1.16. The minimum absolute atomic E-state index is 0.311. The molecule has 9 heteroatoms. The molecule has 0 aliphatic carbocycles. The maximum atomic E-state index is 12.4. The Hall–Kier alpha value is -2.19. The first-order valence-electron chi connectivity index (χ1n) is 3.90. The molecule has 0 fully saturated rings. The van der Waals surface area contributed by atoms with Crippen LogP contribution in [-0.4, -0.2) is 25.6 Å². The number of hydrogen-bond donors (Lipinski definition) is 0. The molecule has 0 amide bonds. The Bertz CT molecular complexity index is 562. The quantitative estimate of drug-likeness (QED) is 0.661. The molecule has 0 aliphatic heterocycles. The Balaban J connectivity index is 2.73. The van der Waals surface area contributed by atoms with Crippen LogP contribution >= 0.6 is 0 Å². The van der Waals surface area contributed by atoms with Gasteiger partial charge in [-0.3, -0.25) is 0 Å². The number of nitrogens with zero attached hydrogens (tertiary/aromatic N) is 4. The molecule has 0 atom stereocenters. The molecule has 2 rings (SSSR count). The summed E-state index contributed by atoms with van der Waals surface area (Å²) in [6, 6.07) is 0.667. The van der Waals surface area contributed by atoms with Gasteiger partial charge in [0.05, 0.1) is 0 Å². The Morgan fingerprint density at radius 3 is 2.69 bits per heavy atom. The predicted molar refractivity (Wildman–Crippen MR) is 40.1 cm³/mol. The van der Waals surface area contributed by atoms with Gasteiger partial charge in [-0.2, -0.15) is 22.7 Å². The van der Waals surface area contributed by atoms with E-state index in [0.29, 0.717) is 10.6 Å². The average Bonchev–Trinajstić information content (AvgIpc) is 2.58. The molecule has 0 N–H and O–H groups in total. The highest BCUT2D eigenvalue weighted by Gasteiger charge is 2.34. The minimum Gasteiger partial charge on any atom is -0.541 e. The summed E-state index contributed by atoms with van der Waals surface area (Å²) in [5.74, 6) is -3.06. The van der Waals surface area contributed by atoms with Gasteiger partial charge in [-0.25, -0.2) is 4.98 Å². The maximum Gasteiger partial charge on any atom is 0.433 e. The summed E-state index contributed by atoms with van der Waals surface area (Å²) in [5, 5.41) is 13.5. The van der Waals surface area contributed by atoms with Crippen molar-refractivity contribution in [1.29, 1.82) is 0 Å². The van der Waals surface area contributed by atoms with Crippen LogP contribution in [0.2, 0.25) is 0 Å². The van der Waals surface area contributed by atoms with E-state index in [0.717, 1.165) is 6.20 Å². The number of carbonyl (C=O) groups excluding carboxylic acids is 1. The van der Waals surface area contributed by atoms with Crippen molar-refractivity contribution in [3.63, 3.8) is 0 Å². The highest BCUT2D eigenvalue weighted by atomic mass is 19.4. The fraction of sp³-hybridized carbons (Fsp3) is 0.143. The highest BCUT2D eigenvalue weighted by Crippen LogP contribution is 2.28. The number of hydrogen-bond acceptors (Lipinski definition) is 5. The van der Waals surface area contributed by atoms with Gasteiger partial charge in [0.2, 0.25) is 0 Å². The molecule has 16 heavy (non-hydrogen) atoms. The zero-order chi connectivity index (χ0) is 11.9. The number of rotatable bonds is 1. The third kappa shape index (κ3) is 1.55. The highest BCUT2D eigenvalue weighted by molar-refractivity contribution is 5.81. The van der Waals surface area contributed by atoms with E-state index in [9.17, 15) is 23.1 Å². The number of carboxylic acids is 1. The second-order valence-electron chi connectivity index (χ2n) is 2.76. The molecular formula is C7H2F3N4O2-. The largest absolute Gasteiger partial charge is 0.541 e. The lowest BCUT2D eigenvalue weighted by Gasteiger charge is -2.06. The van der Waals surface area contributed by atoms with Crippen molar-refractivity contribution < 1.29 is 23.1 Å². The second kappa shape index (κ2) is 3.15. The first-order valence-corrected chi connectivity index (χ1v) is 3.90. The molecule has 84 valence electrons. The zero-order valence-corrected chi connectivity index (χ0v) is 7.39. The van der Waals surface area contributed by atoms with Gasteiger partial charge < -0.3 is 9.90 Å². The number of fused-ring (bicyclic) bond motifs is 1. The van der Waals surface area contributed by atoms with Crippen LogP contribution in [0.5, 0.6) is 0 Å². The SMILES string of the molecule is O=C([O-])c1nc2nccc(C(F)(F)F)n2n1. The standard InChI is InChI=1S/C7H3F3N4O2/c8-7(9,10)3-1-2-11-6-12-4(5(15)16)13-14(3)6/h1-2H,(H,15,16)/p-1. The molecule has 0 radical (unpaired) electrons. The van der Waals surface area contributed by atoms with Gasteiger partial charge in [-0.05, 0) is 6.07 Å². The Morgan fingerprint density at radius 2 is 2.12 bits per heavy atom. The fourth-order valence-electron chi connectivity index (χ4n) is 1.10. The molecule has 0 unspecified atom stereocenters. The Labute approximate surface area is 85.4 Å². The maximum absolute atomic E-state index is 12.4. The molecule has 2 aromatic rings. The zero-order valence-electron chi connectivity index (χ0n) is 7.39. The van der Waals surface area contributed by atoms with Crippen molar-refractivity contribution >= 4 is 11.7 Å². The Kier molecular flexibility index (Phi) is 2.04. The van der Waals surface area contributed by atoms with Gasteiger partial charge in [0.25, 0.3) is 5.78 Å². The lowest BCUT2D eigenvalue weighted by Crippen LogP contribution is -2.24. The number of aromatic carboxylic acids is 1. The predicted octanol–water partition coefficient (Wildman–Crippen LogP) is -0.493. The molecule has 0 spiro atoms. The first kappa shape index (κ1) is 10.3. The van der Waals surface area contributed by atoms with Crippen molar-refractivity contribution in [2.75, 3.05) is 0 Å². The van der Waals surface area contributed by atoms with E-state index in [1.54, 1.807) is 0 Å². The van der Waals surface area contributed by atoms with Gasteiger partial charge >= 0.3 is 6.18 Å². The van der Waals surface area contributed by atoms with E-state index in [1.807, 2.05) is 0 Å². The molecular weight excluding hydrogens is 229 g/mol. The molecule has 2 heterocycles. The molecule has 0 saturated carbocycles. The summed E-state index contributed by atoms with van der Waals surface area (Å²) in [4.78, 5) is 17.1. The monoisotopic (exact) mass is 231 g/mol. The molecule has 2 aromatic heterocycles. The summed E-state index contributed by atoms with van der Waals surface area (Å²) in [7, 11) is 0. The number of aromatic nitrogens is 4. The second-order valence-corrected chi connectivity index (χ2v) is 2.76. The topological polar surface area (TPSA) is 83.2 Å². The smallest absolute Gasteiger partial charge is 0.433 e. The van der Waals surface area contributed by atoms with Crippen molar-refractivity contribution in [3.8, 4) is 0 Å². The van der Waals surface area contributed by atoms with E-state index in [2.05, 4.69) is 15.1 Å². The summed E-state index contributed by atoms with van der Waals surface area (Å²) >= 11 is 0. The number of halogens is 3. The molecule has 0 bridgehead atoms. The van der Waals surface area contributed by atoms with E-state index in [-0.39, 0.29) is 0 Å². The lowest BCUT2D eigenvalue weighted by atomic mass is 10.4. The van der Waals surface area contributed by atoms with E-state index < -0.39 is 29.4 Å². The number of carbonyl (C=O) groups is 1. The van der Waals surface area contributed by atoms with Crippen molar-refractivity contribution in [3.05, 3.63) is 23.8 Å². The van der Waals surface area contributed by atoms with Crippen LogP contribution in [-0.2, 0) is 6.18 Å². The lowest BCUT2D eigenvalue weighted by molar-refractivity contribution is -0.256. The molecule has 0 saturated heterocycles. The molecule has 0 aromatic carbocycles. The number of carboxylic acid groups (broad SMARTS) is 1. The summed E-state index contributed by atoms with van der Waals surface area (Å²) in [6.07, 6.45) is -3.80.